The molecule has 1 rings (SSSR count). The number of methoxy groups -OCH3 is 2. The van der Waals surface area contributed by atoms with Crippen molar-refractivity contribution >= 4 is 15.8 Å². The molecule has 7 nitrogen and oxygen atoms in total. The number of ether oxygens (including phenoxy) is 2. The molecule has 1 heterocycles. The van der Waals surface area contributed by atoms with Gasteiger partial charge in [-0.1, -0.05) is 0 Å². The Morgan fingerprint density at radius 2 is 1.76 bits per heavy atom. The molecular weight excluding hydrogens is 246 g/mol. The number of nitrogens with one attached hydrogen (secondary N) is 1. The summed E-state index contributed by atoms with van der Waals surface area (Å²) in [6.07, 6.45) is 1.17. The summed E-state index contributed by atoms with van der Waals surface area (Å²) in [6.45, 7) is 0.231. The molecule has 17 heavy (non-hydrogen) atoms. The summed E-state index contributed by atoms with van der Waals surface area (Å²) in [7, 11) is -0.0577. The van der Waals surface area contributed by atoms with E-state index < -0.39 is 9.84 Å². The minimum atomic E-state index is -3.01. The second-order valence-corrected chi connectivity index (χ2v) is 5.59. The highest BCUT2D eigenvalue weighted by molar-refractivity contribution is 7.90. The quantitative estimate of drug-likeness (QED) is 0.767. The number of hydrogen-bond acceptors (Lipinski definition) is 7. The molecular formula is C9H15N3O4S. The van der Waals surface area contributed by atoms with Gasteiger partial charge in [0, 0.05) is 12.8 Å². The molecule has 0 amide bonds. The average molecular weight is 261 g/mol. The van der Waals surface area contributed by atoms with E-state index in [2.05, 4.69) is 15.3 Å². The molecule has 1 aromatic heterocycles. The number of aromatic nitrogens is 2. The second kappa shape index (κ2) is 5.67. The largest absolute Gasteiger partial charge is 0.481 e. The highest BCUT2D eigenvalue weighted by Gasteiger charge is 2.06. The molecule has 0 atom stereocenters. The van der Waals surface area contributed by atoms with E-state index in [0.717, 1.165) is 0 Å². The minimum Gasteiger partial charge on any atom is -0.481 e. The van der Waals surface area contributed by atoms with Crippen LogP contribution in [-0.4, -0.2) is 51.2 Å². The minimum absolute atomic E-state index is 0.00981. The van der Waals surface area contributed by atoms with E-state index in [1.54, 1.807) is 0 Å². The third-order valence-electron chi connectivity index (χ3n) is 1.85. The van der Waals surface area contributed by atoms with Crippen molar-refractivity contribution in [3.8, 4) is 11.8 Å². The Kier molecular flexibility index (Phi) is 4.50. The van der Waals surface area contributed by atoms with Crippen LogP contribution in [0.4, 0.5) is 5.95 Å². The van der Waals surface area contributed by atoms with Crippen LogP contribution in [0.5, 0.6) is 11.8 Å². The molecule has 0 saturated carbocycles. The van der Waals surface area contributed by atoms with Gasteiger partial charge in [-0.25, -0.2) is 8.42 Å². The van der Waals surface area contributed by atoms with E-state index in [1.165, 1.54) is 26.5 Å². The summed E-state index contributed by atoms with van der Waals surface area (Å²) in [4.78, 5) is 8.00. The maximum Gasteiger partial charge on any atom is 0.229 e. The maximum atomic E-state index is 10.9. The van der Waals surface area contributed by atoms with E-state index in [1.807, 2.05) is 0 Å². The first-order valence-electron chi connectivity index (χ1n) is 4.83. The van der Waals surface area contributed by atoms with E-state index in [-0.39, 0.29) is 18.2 Å². The van der Waals surface area contributed by atoms with Crippen molar-refractivity contribution in [3.05, 3.63) is 6.07 Å². The average Bonchev–Trinajstić information content (AvgIpc) is 2.26. The third kappa shape index (κ3) is 4.85. The number of hydrogen-bond donors (Lipinski definition) is 1. The van der Waals surface area contributed by atoms with Crippen LogP contribution in [0.15, 0.2) is 6.07 Å². The molecule has 0 spiro atoms. The molecule has 0 aliphatic heterocycles. The Labute approximate surface area is 100 Å². The van der Waals surface area contributed by atoms with Crippen LogP contribution in [-0.2, 0) is 9.84 Å². The van der Waals surface area contributed by atoms with E-state index in [4.69, 9.17) is 9.47 Å². The lowest BCUT2D eigenvalue weighted by molar-refractivity contribution is 0.373. The summed E-state index contributed by atoms with van der Waals surface area (Å²) in [6, 6.07) is 1.53. The van der Waals surface area contributed by atoms with Gasteiger partial charge in [-0.3, -0.25) is 0 Å². The van der Waals surface area contributed by atoms with Crippen LogP contribution in [0, 0.1) is 0 Å². The van der Waals surface area contributed by atoms with Gasteiger partial charge in [0.05, 0.1) is 26.0 Å². The van der Waals surface area contributed by atoms with Gasteiger partial charge in [0.15, 0.2) is 0 Å². The lowest BCUT2D eigenvalue weighted by Crippen LogP contribution is -2.15. The standard InChI is InChI=1S/C9H15N3O4S/c1-15-7-6-8(16-2)12-9(11-7)10-4-5-17(3,13)14/h6H,4-5H2,1-3H3,(H,10,11,12). The molecule has 0 fully saturated rings. The van der Waals surface area contributed by atoms with Gasteiger partial charge < -0.3 is 14.8 Å². The van der Waals surface area contributed by atoms with Crippen LogP contribution in [0.25, 0.3) is 0 Å². The van der Waals surface area contributed by atoms with Crippen molar-refractivity contribution in [1.29, 1.82) is 0 Å². The normalized spacial score (nSPS) is 11.0. The van der Waals surface area contributed by atoms with Crippen molar-refractivity contribution in [3.63, 3.8) is 0 Å². The van der Waals surface area contributed by atoms with Crippen LogP contribution < -0.4 is 14.8 Å². The fourth-order valence-electron chi connectivity index (χ4n) is 1.04. The molecule has 1 N–H and O–H groups in total. The van der Waals surface area contributed by atoms with Gasteiger partial charge in [-0.2, -0.15) is 9.97 Å². The lowest BCUT2D eigenvalue weighted by Gasteiger charge is -2.07. The first-order chi connectivity index (χ1) is 7.94. The Hall–Kier alpha value is -1.57. The van der Waals surface area contributed by atoms with Gasteiger partial charge in [0.2, 0.25) is 17.7 Å². The summed E-state index contributed by atoms with van der Waals surface area (Å²) in [5, 5.41) is 2.79. The van der Waals surface area contributed by atoms with E-state index in [9.17, 15) is 8.42 Å². The summed E-state index contributed by atoms with van der Waals surface area (Å²) in [5.41, 5.74) is 0. The Morgan fingerprint density at radius 3 is 2.18 bits per heavy atom. The molecule has 96 valence electrons. The van der Waals surface area contributed by atoms with Crippen molar-refractivity contribution in [2.75, 3.05) is 38.1 Å². The van der Waals surface area contributed by atoms with Crippen molar-refractivity contribution < 1.29 is 17.9 Å². The summed E-state index contributed by atoms with van der Waals surface area (Å²) in [5.74, 6) is 0.970. The molecule has 0 aliphatic carbocycles. The molecule has 8 heteroatoms. The van der Waals surface area contributed by atoms with Gasteiger partial charge in [0.25, 0.3) is 0 Å². The lowest BCUT2D eigenvalue weighted by atomic mass is 10.6. The van der Waals surface area contributed by atoms with Crippen molar-refractivity contribution in [1.82, 2.24) is 9.97 Å². The smallest absolute Gasteiger partial charge is 0.229 e. The van der Waals surface area contributed by atoms with E-state index >= 15 is 0 Å². The third-order valence-corrected chi connectivity index (χ3v) is 2.80. The highest BCUT2D eigenvalue weighted by Crippen LogP contribution is 2.16. The SMILES string of the molecule is COc1cc(OC)nc(NCCS(C)(=O)=O)n1. The first-order valence-corrected chi connectivity index (χ1v) is 6.89. The highest BCUT2D eigenvalue weighted by atomic mass is 32.2. The molecule has 0 saturated heterocycles. The van der Waals surface area contributed by atoms with Crippen LogP contribution in [0.3, 0.4) is 0 Å². The van der Waals surface area contributed by atoms with Crippen LogP contribution >= 0.6 is 0 Å². The molecule has 0 unspecified atom stereocenters. The van der Waals surface area contributed by atoms with Crippen LogP contribution in [0.2, 0.25) is 0 Å². The fourth-order valence-corrected chi connectivity index (χ4v) is 1.51. The maximum absolute atomic E-state index is 10.9. The number of anilines is 1. The molecule has 1 aromatic rings. The van der Waals surface area contributed by atoms with Crippen LogP contribution in [0.1, 0.15) is 0 Å². The zero-order chi connectivity index (χ0) is 12.9. The number of sulfone groups is 1. The van der Waals surface area contributed by atoms with Gasteiger partial charge >= 0.3 is 0 Å². The van der Waals surface area contributed by atoms with Crippen molar-refractivity contribution in [2.24, 2.45) is 0 Å². The Balaban J connectivity index is 2.70. The van der Waals surface area contributed by atoms with E-state index in [0.29, 0.717) is 11.8 Å². The predicted molar refractivity (Wildman–Crippen MR) is 63.3 cm³/mol. The second-order valence-electron chi connectivity index (χ2n) is 3.33. The summed E-state index contributed by atoms with van der Waals surface area (Å²) < 4.78 is 31.8. The predicted octanol–water partition coefficient (Wildman–Crippen LogP) is -0.0497. The Morgan fingerprint density at radius 1 is 1.24 bits per heavy atom. The molecule has 0 radical (unpaired) electrons. The topological polar surface area (TPSA) is 90.4 Å². The van der Waals surface area contributed by atoms with Gasteiger partial charge in [-0.05, 0) is 0 Å². The molecule has 0 bridgehead atoms. The number of nitrogens with zero attached hydrogens (tertiary/aromatic N) is 2. The fraction of sp³-hybridized carbons (Fsp3) is 0.556. The van der Waals surface area contributed by atoms with Gasteiger partial charge in [0.1, 0.15) is 9.84 Å². The monoisotopic (exact) mass is 261 g/mol. The number of rotatable bonds is 6. The van der Waals surface area contributed by atoms with Crippen molar-refractivity contribution in [2.45, 2.75) is 0 Å². The zero-order valence-electron chi connectivity index (χ0n) is 9.93. The zero-order valence-corrected chi connectivity index (χ0v) is 10.7. The molecule has 0 aromatic carbocycles. The Bertz CT molecular complexity index is 453. The molecule has 0 aliphatic rings. The summed E-state index contributed by atoms with van der Waals surface area (Å²) >= 11 is 0. The first kappa shape index (κ1) is 13.5. The van der Waals surface area contributed by atoms with Gasteiger partial charge in [-0.15, -0.1) is 0 Å².